The number of methoxy groups -OCH3 is 1. The van der Waals surface area contributed by atoms with Crippen molar-refractivity contribution in [2.45, 2.75) is 29.4 Å². The molecule has 0 bridgehead atoms. The molecule has 1 amide bonds. The van der Waals surface area contributed by atoms with E-state index in [-0.39, 0.29) is 4.90 Å². The lowest BCUT2D eigenvalue weighted by molar-refractivity contribution is -0.0626. The summed E-state index contributed by atoms with van der Waals surface area (Å²) >= 11 is 0. The molecule has 3 aromatic rings. The number of rotatable bonds is 4. The van der Waals surface area contributed by atoms with Gasteiger partial charge in [-0.15, -0.1) is 0 Å². The third-order valence-electron chi connectivity index (χ3n) is 7.59. The van der Waals surface area contributed by atoms with E-state index in [9.17, 15) is 18.3 Å². The molecule has 0 aliphatic carbocycles. The van der Waals surface area contributed by atoms with E-state index < -0.39 is 27.8 Å². The van der Waals surface area contributed by atoms with Gasteiger partial charge in [0.05, 0.1) is 23.6 Å². The molecule has 184 valence electrons. The van der Waals surface area contributed by atoms with Crippen molar-refractivity contribution in [2.24, 2.45) is 0 Å². The predicted octanol–water partition coefficient (Wildman–Crippen LogP) is 2.62. The number of sulfonamides is 1. The molecule has 1 spiro atoms. The topological polar surface area (TPSA) is 106 Å². The molecule has 35 heavy (non-hydrogen) atoms. The van der Waals surface area contributed by atoms with E-state index in [1.165, 1.54) is 16.3 Å². The smallest absolute Gasteiger partial charge is 0.409 e. The van der Waals surface area contributed by atoms with Gasteiger partial charge in [-0.1, -0.05) is 18.2 Å². The summed E-state index contributed by atoms with van der Waals surface area (Å²) in [5, 5.41) is 11.2. The summed E-state index contributed by atoms with van der Waals surface area (Å²) in [5.74, 6) is 0. The number of hydrogen-bond donors (Lipinski definition) is 2. The maximum atomic E-state index is 13.7. The minimum Gasteiger partial charge on any atom is -0.453 e. The molecule has 2 N–H and O–H groups in total. The van der Waals surface area contributed by atoms with Gasteiger partial charge in [-0.05, 0) is 43.2 Å². The second-order valence-corrected chi connectivity index (χ2v) is 11.6. The van der Waals surface area contributed by atoms with E-state index >= 15 is 0 Å². The summed E-state index contributed by atoms with van der Waals surface area (Å²) in [5.41, 5.74) is 2.94. The number of fused-ring (bicyclic) bond motifs is 1. The van der Waals surface area contributed by atoms with Gasteiger partial charge in [0.15, 0.2) is 0 Å². The van der Waals surface area contributed by atoms with Crippen molar-refractivity contribution >= 4 is 32.7 Å². The molecule has 1 atom stereocenters. The number of nitrogens with one attached hydrogen (secondary N) is 1. The van der Waals surface area contributed by atoms with Gasteiger partial charge >= 0.3 is 6.09 Å². The fraction of sp³-hybridized carbons (Fsp3) is 0.400. The van der Waals surface area contributed by atoms with Crippen molar-refractivity contribution in [2.75, 3.05) is 44.7 Å². The van der Waals surface area contributed by atoms with Gasteiger partial charge < -0.3 is 24.6 Å². The Kier molecular flexibility index (Phi) is 5.10. The minimum atomic E-state index is -3.77. The number of ether oxygens (including phenoxy) is 1. The lowest BCUT2D eigenvalue weighted by Gasteiger charge is -2.60. The lowest BCUT2D eigenvalue weighted by atomic mass is 9.80. The number of aliphatic hydroxyl groups excluding tert-OH is 1. The standard InChI is InChI=1S/C25H28N4O5S/c1-34-24(31)28-15-25(16-28)9-11-29(25)35(32,33)19-6-7-23(27-10-8-18(30)14-27)20(13-19)22-12-17-4-2-3-5-21(17)26-22/h2-7,12-13,18,26,30H,8-11,14-16H2,1H3/t18-/m0/s1. The Labute approximate surface area is 203 Å². The number of para-hydroxylation sites is 1. The first-order chi connectivity index (χ1) is 16.8. The van der Waals surface area contributed by atoms with Gasteiger partial charge in [0.1, 0.15) is 0 Å². The highest BCUT2D eigenvalue weighted by Crippen LogP contribution is 2.44. The zero-order chi connectivity index (χ0) is 24.4. The molecule has 4 heterocycles. The normalized spacial score (nSPS) is 21.8. The number of aromatic amines is 1. The lowest BCUT2D eigenvalue weighted by Crippen LogP contribution is -2.78. The molecule has 0 saturated carbocycles. The number of nitrogens with zero attached hydrogens (tertiary/aromatic N) is 3. The Morgan fingerprint density at radius 1 is 1.14 bits per heavy atom. The van der Waals surface area contributed by atoms with Crippen LogP contribution in [0.25, 0.3) is 22.2 Å². The highest BCUT2D eigenvalue weighted by Gasteiger charge is 2.59. The molecule has 2 aromatic carbocycles. The summed E-state index contributed by atoms with van der Waals surface area (Å²) in [6, 6.07) is 15.2. The predicted molar refractivity (Wildman–Crippen MR) is 132 cm³/mol. The minimum absolute atomic E-state index is 0.227. The van der Waals surface area contributed by atoms with Crippen molar-refractivity contribution in [3.8, 4) is 11.3 Å². The van der Waals surface area contributed by atoms with Crippen LogP contribution in [0.15, 0.2) is 53.4 Å². The Hall–Kier alpha value is -3.08. The highest BCUT2D eigenvalue weighted by molar-refractivity contribution is 7.89. The third-order valence-corrected chi connectivity index (χ3v) is 9.59. The number of likely N-dealkylation sites (tertiary alicyclic amines) is 1. The van der Waals surface area contributed by atoms with Crippen LogP contribution in [0.4, 0.5) is 10.5 Å². The fourth-order valence-electron chi connectivity index (χ4n) is 5.61. The molecule has 6 rings (SSSR count). The monoisotopic (exact) mass is 496 g/mol. The molecular weight excluding hydrogens is 468 g/mol. The van der Waals surface area contributed by atoms with Crippen molar-refractivity contribution in [3.63, 3.8) is 0 Å². The summed E-state index contributed by atoms with van der Waals surface area (Å²) in [4.78, 5) is 19.1. The number of carbonyl (C=O) groups excluding carboxylic acids is 1. The number of aliphatic hydroxyl groups is 1. The zero-order valence-corrected chi connectivity index (χ0v) is 20.3. The molecule has 9 nitrogen and oxygen atoms in total. The van der Waals surface area contributed by atoms with Crippen LogP contribution in [0, 0.1) is 0 Å². The SMILES string of the molecule is COC(=O)N1CC2(CCN2S(=O)(=O)c2ccc(N3CC[C@H](O)C3)c(-c3cc4ccccc4[nH]3)c2)C1. The number of amides is 1. The van der Waals surface area contributed by atoms with Gasteiger partial charge in [-0.3, -0.25) is 0 Å². The van der Waals surface area contributed by atoms with Crippen LogP contribution in [0.1, 0.15) is 12.8 Å². The molecular formula is C25H28N4O5S. The molecule has 3 aliphatic rings. The zero-order valence-electron chi connectivity index (χ0n) is 19.5. The van der Waals surface area contributed by atoms with Crippen LogP contribution in [0.2, 0.25) is 0 Å². The van der Waals surface area contributed by atoms with Crippen LogP contribution in [-0.2, 0) is 14.8 Å². The van der Waals surface area contributed by atoms with Gasteiger partial charge in [0.2, 0.25) is 10.0 Å². The summed E-state index contributed by atoms with van der Waals surface area (Å²) in [6.07, 6.45) is 0.571. The average molecular weight is 497 g/mol. The Bertz CT molecular complexity index is 1380. The number of anilines is 1. The van der Waals surface area contributed by atoms with Crippen LogP contribution in [0.3, 0.4) is 0 Å². The average Bonchev–Trinajstić information content (AvgIpc) is 3.42. The largest absolute Gasteiger partial charge is 0.453 e. The second-order valence-electron chi connectivity index (χ2n) is 9.72. The summed E-state index contributed by atoms with van der Waals surface area (Å²) < 4.78 is 33.8. The van der Waals surface area contributed by atoms with Gasteiger partial charge in [0.25, 0.3) is 0 Å². The fourth-order valence-corrected chi connectivity index (χ4v) is 7.42. The van der Waals surface area contributed by atoms with Crippen LogP contribution in [-0.4, -0.2) is 85.3 Å². The van der Waals surface area contributed by atoms with Crippen molar-refractivity contribution < 1.29 is 23.1 Å². The maximum absolute atomic E-state index is 13.7. The molecule has 3 saturated heterocycles. The number of hydrogen-bond acceptors (Lipinski definition) is 6. The number of aromatic nitrogens is 1. The van der Waals surface area contributed by atoms with Crippen LogP contribution < -0.4 is 4.90 Å². The van der Waals surface area contributed by atoms with E-state index in [1.54, 1.807) is 12.1 Å². The van der Waals surface area contributed by atoms with Gasteiger partial charge in [0, 0.05) is 60.6 Å². The molecule has 0 unspecified atom stereocenters. The summed E-state index contributed by atoms with van der Waals surface area (Å²) in [7, 11) is -2.44. The molecule has 3 aliphatic heterocycles. The van der Waals surface area contributed by atoms with Gasteiger partial charge in [-0.2, -0.15) is 4.31 Å². The Morgan fingerprint density at radius 3 is 2.60 bits per heavy atom. The van der Waals surface area contributed by atoms with Crippen LogP contribution >= 0.6 is 0 Å². The van der Waals surface area contributed by atoms with E-state index in [4.69, 9.17) is 4.74 Å². The number of benzene rings is 2. The quantitative estimate of drug-likeness (QED) is 0.575. The summed E-state index contributed by atoms with van der Waals surface area (Å²) in [6.45, 7) is 2.34. The first-order valence-corrected chi connectivity index (χ1v) is 13.3. The Morgan fingerprint density at radius 2 is 1.94 bits per heavy atom. The van der Waals surface area contributed by atoms with E-state index in [1.807, 2.05) is 36.4 Å². The number of carbonyl (C=O) groups is 1. The Balaban J connectivity index is 1.38. The van der Waals surface area contributed by atoms with Crippen LogP contribution in [0.5, 0.6) is 0 Å². The second kappa shape index (κ2) is 7.97. The molecule has 3 fully saturated rings. The van der Waals surface area contributed by atoms with E-state index in [0.717, 1.165) is 34.3 Å². The highest BCUT2D eigenvalue weighted by atomic mass is 32.2. The molecule has 0 radical (unpaired) electrons. The maximum Gasteiger partial charge on any atom is 0.409 e. The first-order valence-electron chi connectivity index (χ1n) is 11.8. The van der Waals surface area contributed by atoms with Crippen molar-refractivity contribution in [1.29, 1.82) is 0 Å². The van der Waals surface area contributed by atoms with Crippen molar-refractivity contribution in [1.82, 2.24) is 14.2 Å². The molecule has 10 heteroatoms. The number of β-amino-alcohol motifs (C(OH)–C–C–N with tert-alkyl or cyclic N) is 1. The third kappa shape index (κ3) is 3.50. The molecule has 1 aromatic heterocycles. The number of H-pyrrole nitrogens is 1. The van der Waals surface area contributed by atoms with Crippen molar-refractivity contribution in [3.05, 3.63) is 48.5 Å². The van der Waals surface area contributed by atoms with E-state index in [0.29, 0.717) is 39.1 Å². The van der Waals surface area contributed by atoms with Gasteiger partial charge in [-0.25, -0.2) is 13.2 Å². The van der Waals surface area contributed by atoms with E-state index in [2.05, 4.69) is 9.88 Å². The first kappa shape index (κ1) is 22.4.